The van der Waals surface area contributed by atoms with E-state index in [0.29, 0.717) is 13.1 Å². The van der Waals surface area contributed by atoms with Crippen LogP contribution in [0.15, 0.2) is 28.6 Å². The zero-order valence-corrected chi connectivity index (χ0v) is 14.5. The van der Waals surface area contributed by atoms with Crippen LogP contribution in [0.5, 0.6) is 0 Å². The Balaban J connectivity index is 1.95. The van der Waals surface area contributed by atoms with Crippen molar-refractivity contribution in [2.75, 3.05) is 20.1 Å². The highest BCUT2D eigenvalue weighted by Crippen LogP contribution is 2.24. The van der Waals surface area contributed by atoms with Gasteiger partial charge in [0.1, 0.15) is 0 Å². The summed E-state index contributed by atoms with van der Waals surface area (Å²) in [6, 6.07) is 4.01. The van der Waals surface area contributed by atoms with Crippen LogP contribution in [0.4, 0.5) is 0 Å². The summed E-state index contributed by atoms with van der Waals surface area (Å²) in [4.78, 5) is 28.8. The number of amides is 2. The van der Waals surface area contributed by atoms with Crippen LogP contribution in [0.1, 0.15) is 17.7 Å². The Bertz CT molecular complexity index is 544. The zero-order valence-electron chi connectivity index (χ0n) is 12.0. The Morgan fingerprint density at radius 1 is 1.57 bits per heavy atom. The minimum absolute atomic E-state index is 0.0858. The second-order valence-electron chi connectivity index (χ2n) is 5.23. The molecule has 1 aromatic rings. The summed E-state index contributed by atoms with van der Waals surface area (Å²) in [5.74, 6) is -0.0746. The molecule has 0 aliphatic carbocycles. The molecule has 114 valence electrons. The van der Waals surface area contributed by atoms with E-state index < -0.39 is 0 Å². The molecule has 1 unspecified atom stereocenters. The van der Waals surface area contributed by atoms with Crippen molar-refractivity contribution in [2.45, 2.75) is 19.4 Å². The molecule has 0 aromatic carbocycles. The van der Waals surface area contributed by atoms with E-state index in [1.54, 1.807) is 21.1 Å². The van der Waals surface area contributed by atoms with Crippen LogP contribution >= 0.6 is 27.3 Å². The molecular weight excluding hydrogens is 352 g/mol. The third-order valence-corrected chi connectivity index (χ3v) is 5.26. The number of hydrogen-bond donors (Lipinski definition) is 0. The summed E-state index contributed by atoms with van der Waals surface area (Å²) >= 11 is 5.06. The van der Waals surface area contributed by atoms with Crippen LogP contribution in [-0.2, 0) is 16.1 Å². The van der Waals surface area contributed by atoms with E-state index in [1.165, 1.54) is 6.08 Å². The van der Waals surface area contributed by atoms with Gasteiger partial charge in [0.05, 0.1) is 16.2 Å². The zero-order chi connectivity index (χ0) is 15.4. The molecule has 1 aliphatic heterocycles. The maximum absolute atomic E-state index is 12.5. The molecular formula is C15H19BrN2O2S. The fraction of sp³-hybridized carbons (Fsp3) is 0.467. The SMILES string of the molecule is C=CC(=O)N1CCCC(C(=O)N(C)Cc2ccc(Br)s2)C1. The minimum Gasteiger partial charge on any atom is -0.340 e. The molecule has 1 aromatic heterocycles. The van der Waals surface area contributed by atoms with Gasteiger partial charge in [0.2, 0.25) is 11.8 Å². The van der Waals surface area contributed by atoms with Crippen LogP contribution in [0.2, 0.25) is 0 Å². The van der Waals surface area contributed by atoms with Crippen molar-refractivity contribution in [1.29, 1.82) is 0 Å². The molecule has 0 bridgehead atoms. The molecule has 4 nitrogen and oxygen atoms in total. The fourth-order valence-electron chi connectivity index (χ4n) is 2.57. The van der Waals surface area contributed by atoms with Crippen molar-refractivity contribution < 1.29 is 9.59 Å². The highest BCUT2D eigenvalue weighted by Gasteiger charge is 2.29. The molecule has 0 N–H and O–H groups in total. The maximum atomic E-state index is 12.5. The van der Waals surface area contributed by atoms with Crippen molar-refractivity contribution in [3.63, 3.8) is 0 Å². The summed E-state index contributed by atoms with van der Waals surface area (Å²) in [5, 5.41) is 0. The van der Waals surface area contributed by atoms with E-state index in [4.69, 9.17) is 0 Å². The van der Waals surface area contributed by atoms with Gasteiger partial charge >= 0.3 is 0 Å². The number of halogens is 1. The highest BCUT2D eigenvalue weighted by atomic mass is 79.9. The van der Waals surface area contributed by atoms with Crippen LogP contribution in [0.25, 0.3) is 0 Å². The van der Waals surface area contributed by atoms with Gasteiger partial charge in [-0.3, -0.25) is 9.59 Å². The monoisotopic (exact) mass is 370 g/mol. The molecule has 6 heteroatoms. The Kier molecular flexibility index (Phi) is 5.58. The predicted octanol–water partition coefficient (Wildman–Crippen LogP) is 2.89. The Hall–Kier alpha value is -1.14. The first-order valence-corrected chi connectivity index (χ1v) is 8.52. The number of piperidine rings is 1. The van der Waals surface area contributed by atoms with E-state index in [2.05, 4.69) is 22.5 Å². The van der Waals surface area contributed by atoms with Gasteiger partial charge in [-0.05, 0) is 47.0 Å². The number of carbonyl (C=O) groups is 2. The van der Waals surface area contributed by atoms with E-state index in [1.807, 2.05) is 19.2 Å². The molecule has 1 aliphatic rings. The van der Waals surface area contributed by atoms with Crippen LogP contribution in [0.3, 0.4) is 0 Å². The molecule has 21 heavy (non-hydrogen) atoms. The fourth-order valence-corrected chi connectivity index (χ4v) is 4.10. The van der Waals surface area contributed by atoms with Gasteiger partial charge in [-0.2, -0.15) is 0 Å². The lowest BCUT2D eigenvalue weighted by Crippen LogP contribution is -2.45. The summed E-state index contributed by atoms with van der Waals surface area (Å²) < 4.78 is 1.07. The molecule has 2 rings (SSSR count). The van der Waals surface area contributed by atoms with E-state index in [9.17, 15) is 9.59 Å². The standard InChI is InChI=1S/C15H19BrN2O2S/c1-3-14(19)18-8-4-5-11(9-18)15(20)17(2)10-12-6-7-13(16)21-12/h3,6-7,11H,1,4-5,8-10H2,2H3. The summed E-state index contributed by atoms with van der Waals surface area (Å²) in [6.07, 6.45) is 3.03. The highest BCUT2D eigenvalue weighted by molar-refractivity contribution is 9.11. The number of carbonyl (C=O) groups excluding carboxylic acids is 2. The van der Waals surface area contributed by atoms with Crippen molar-refractivity contribution in [3.8, 4) is 0 Å². The van der Waals surface area contributed by atoms with Gasteiger partial charge in [-0.25, -0.2) is 0 Å². The topological polar surface area (TPSA) is 40.6 Å². The first kappa shape index (κ1) is 16.2. The lowest BCUT2D eigenvalue weighted by Gasteiger charge is -2.33. The Morgan fingerprint density at radius 2 is 2.33 bits per heavy atom. The Morgan fingerprint density at radius 3 is 2.95 bits per heavy atom. The summed E-state index contributed by atoms with van der Waals surface area (Å²) in [6.45, 7) is 5.34. The first-order valence-electron chi connectivity index (χ1n) is 6.91. The average molecular weight is 371 g/mol. The van der Waals surface area contributed by atoms with Gasteiger partial charge in [-0.1, -0.05) is 6.58 Å². The van der Waals surface area contributed by atoms with E-state index in [0.717, 1.165) is 28.0 Å². The van der Waals surface area contributed by atoms with Gasteiger partial charge in [0.15, 0.2) is 0 Å². The molecule has 0 saturated carbocycles. The lowest BCUT2D eigenvalue weighted by atomic mass is 9.96. The largest absolute Gasteiger partial charge is 0.340 e. The molecule has 0 spiro atoms. The van der Waals surface area contributed by atoms with Gasteiger partial charge in [-0.15, -0.1) is 11.3 Å². The van der Waals surface area contributed by atoms with Gasteiger partial charge < -0.3 is 9.80 Å². The van der Waals surface area contributed by atoms with Crippen LogP contribution < -0.4 is 0 Å². The third-order valence-electron chi connectivity index (χ3n) is 3.66. The predicted molar refractivity (Wildman–Crippen MR) is 88.0 cm³/mol. The van der Waals surface area contributed by atoms with Crippen LogP contribution in [0, 0.1) is 5.92 Å². The quantitative estimate of drug-likeness (QED) is 0.764. The molecule has 2 amide bonds. The third kappa shape index (κ3) is 4.17. The number of thiophene rings is 1. The normalized spacial score (nSPS) is 18.4. The van der Waals surface area contributed by atoms with Crippen molar-refractivity contribution in [1.82, 2.24) is 9.80 Å². The van der Waals surface area contributed by atoms with Crippen LogP contribution in [-0.4, -0.2) is 41.8 Å². The summed E-state index contributed by atoms with van der Waals surface area (Å²) in [5.41, 5.74) is 0. The maximum Gasteiger partial charge on any atom is 0.245 e. The van der Waals surface area contributed by atoms with Crippen molar-refractivity contribution >= 4 is 39.1 Å². The van der Waals surface area contributed by atoms with E-state index >= 15 is 0 Å². The van der Waals surface area contributed by atoms with E-state index in [-0.39, 0.29) is 17.7 Å². The number of nitrogens with zero attached hydrogens (tertiary/aromatic N) is 2. The first-order chi connectivity index (χ1) is 10.0. The number of rotatable bonds is 4. The number of hydrogen-bond acceptors (Lipinski definition) is 3. The van der Waals surface area contributed by atoms with Crippen molar-refractivity contribution in [3.05, 3.63) is 33.5 Å². The lowest BCUT2D eigenvalue weighted by molar-refractivity contribution is -0.138. The number of likely N-dealkylation sites (tertiary alicyclic amines) is 1. The summed E-state index contributed by atoms with van der Waals surface area (Å²) in [7, 11) is 1.82. The molecule has 1 atom stereocenters. The van der Waals surface area contributed by atoms with Gasteiger partial charge in [0, 0.05) is 25.0 Å². The Labute approximate surface area is 137 Å². The smallest absolute Gasteiger partial charge is 0.245 e. The molecule has 2 heterocycles. The molecule has 0 radical (unpaired) electrons. The van der Waals surface area contributed by atoms with Crippen molar-refractivity contribution in [2.24, 2.45) is 5.92 Å². The molecule has 1 saturated heterocycles. The molecule has 1 fully saturated rings. The second-order valence-corrected chi connectivity index (χ2v) is 7.78. The van der Waals surface area contributed by atoms with Gasteiger partial charge in [0.25, 0.3) is 0 Å². The minimum atomic E-state index is -0.101. The average Bonchev–Trinajstić information content (AvgIpc) is 2.90. The second kappa shape index (κ2) is 7.22.